The predicted octanol–water partition coefficient (Wildman–Crippen LogP) is 4.03. The third kappa shape index (κ3) is 7.31. The van der Waals surface area contributed by atoms with E-state index < -0.39 is 5.97 Å². The Labute approximate surface area is 235 Å². The van der Waals surface area contributed by atoms with Crippen LogP contribution in [0.1, 0.15) is 40.0 Å². The minimum Gasteiger partial charge on any atom is -0.494 e. The molecule has 2 aliphatic heterocycles. The smallest absolute Gasteiger partial charge is 0.305 e. The normalized spacial score (nSPS) is 24.8. The monoisotopic (exact) mass is 560 g/mol. The lowest BCUT2D eigenvalue weighted by atomic mass is 9.96. The molecule has 2 aromatic rings. The van der Waals surface area contributed by atoms with Crippen molar-refractivity contribution >= 4 is 17.5 Å². The van der Waals surface area contributed by atoms with E-state index in [-0.39, 0.29) is 42.3 Å². The highest BCUT2D eigenvalue weighted by Crippen LogP contribution is 2.34. The average molecular weight is 561 g/mol. The molecule has 40 heavy (non-hydrogen) atoms. The van der Waals surface area contributed by atoms with E-state index in [2.05, 4.69) is 16.9 Å². The molecule has 4 rings (SSSR count). The number of methoxy groups -OCH3 is 1. The van der Waals surface area contributed by atoms with E-state index in [1.807, 2.05) is 23.6 Å². The zero-order chi connectivity index (χ0) is 28.6. The molecule has 0 radical (unpaired) electrons. The summed E-state index contributed by atoms with van der Waals surface area (Å²) in [4.78, 5) is 24.7. The van der Waals surface area contributed by atoms with Gasteiger partial charge < -0.3 is 33.9 Å². The number of carboxylic acid groups (broad SMARTS) is 1. The first-order valence-electron chi connectivity index (χ1n) is 14.1. The van der Waals surface area contributed by atoms with Crippen molar-refractivity contribution in [3.8, 4) is 11.6 Å². The molecule has 0 aliphatic carbocycles. The van der Waals surface area contributed by atoms with Crippen molar-refractivity contribution < 1.29 is 33.2 Å². The van der Waals surface area contributed by atoms with Gasteiger partial charge in [-0.15, -0.1) is 0 Å². The van der Waals surface area contributed by atoms with Gasteiger partial charge in [-0.2, -0.15) is 0 Å². The second kappa shape index (κ2) is 13.9. The first-order valence-corrected chi connectivity index (χ1v) is 14.1. The quantitative estimate of drug-likeness (QED) is 0.361. The molecule has 3 heterocycles. The van der Waals surface area contributed by atoms with E-state index in [9.17, 15) is 14.3 Å². The molecule has 2 aliphatic rings. The largest absolute Gasteiger partial charge is 0.494 e. The van der Waals surface area contributed by atoms with Crippen LogP contribution in [-0.4, -0.2) is 85.9 Å². The van der Waals surface area contributed by atoms with E-state index in [1.54, 1.807) is 31.6 Å². The summed E-state index contributed by atoms with van der Waals surface area (Å²) in [6.45, 7) is 9.51. The lowest BCUT2D eigenvalue weighted by Crippen LogP contribution is -2.44. The molecular formula is C29H41FN4O6. The number of hydrogen-bond donors (Lipinski definition) is 1. The summed E-state index contributed by atoms with van der Waals surface area (Å²) in [7, 11) is 1.66. The number of carbonyl (C=O) groups is 1. The fraction of sp³-hybridized carbons (Fsp3) is 0.621. The van der Waals surface area contributed by atoms with Crippen LogP contribution in [0.2, 0.25) is 0 Å². The van der Waals surface area contributed by atoms with Gasteiger partial charge in [0.2, 0.25) is 5.88 Å². The van der Waals surface area contributed by atoms with Gasteiger partial charge in [0.25, 0.3) is 0 Å². The number of carboxylic acids is 1. The van der Waals surface area contributed by atoms with Gasteiger partial charge in [-0.05, 0) is 25.5 Å². The van der Waals surface area contributed by atoms with Crippen LogP contribution in [0.25, 0.3) is 0 Å². The summed E-state index contributed by atoms with van der Waals surface area (Å²) in [5, 5.41) is 9.51. The highest BCUT2D eigenvalue weighted by molar-refractivity contribution is 5.68. The Hall–Kier alpha value is -3.18. The zero-order valence-electron chi connectivity index (χ0n) is 23.8. The molecule has 1 aromatic heterocycles. The van der Waals surface area contributed by atoms with Crippen molar-refractivity contribution in [3.63, 3.8) is 0 Å². The summed E-state index contributed by atoms with van der Waals surface area (Å²) in [6, 6.07) is 4.59. The van der Waals surface area contributed by atoms with Crippen molar-refractivity contribution in [2.75, 3.05) is 56.4 Å². The van der Waals surface area contributed by atoms with Crippen molar-refractivity contribution in [2.24, 2.45) is 11.8 Å². The first-order chi connectivity index (χ1) is 19.3. The maximum Gasteiger partial charge on any atom is 0.305 e. The minimum atomic E-state index is -0.861. The van der Waals surface area contributed by atoms with Crippen molar-refractivity contribution in [1.29, 1.82) is 0 Å². The number of nitrogens with zero attached hydrogens (tertiary/aromatic N) is 4. The van der Waals surface area contributed by atoms with Gasteiger partial charge in [0.05, 0.1) is 37.2 Å². The third-order valence-electron chi connectivity index (χ3n) is 7.76. The van der Waals surface area contributed by atoms with Gasteiger partial charge in [-0.3, -0.25) is 4.79 Å². The molecule has 1 N–H and O–H groups in total. The Morgan fingerprint density at radius 2 is 1.98 bits per heavy atom. The fourth-order valence-corrected chi connectivity index (χ4v) is 5.59. The fourth-order valence-electron chi connectivity index (χ4n) is 5.59. The average Bonchev–Trinajstić information content (AvgIpc) is 3.23. The number of piperidine rings is 1. The maximum absolute atomic E-state index is 14.6. The molecule has 2 saturated heterocycles. The standard InChI is InChI=1S/C29H41FN4O6/c1-5-38-21-7-8-22(30)24(13-21)33-10-9-25(19(2)17-33)40-28-16-31-27(15-32-28)34-18-26(39-12-6-11-37-4)20(3)23(34)14-29(35)36/h7-8,13,15-16,19-20,23,25-26H,5-6,9-12,14,17-18H2,1-4H3,(H,35,36)/t19-,20?,23?,25-,26?/m1/s1. The molecule has 0 bridgehead atoms. The molecule has 10 nitrogen and oxygen atoms in total. The number of halogens is 1. The number of aromatic nitrogens is 2. The highest BCUT2D eigenvalue weighted by atomic mass is 19.1. The SMILES string of the molecule is CCOc1ccc(F)c(N2CC[C@@H](Oc3cnc(N4CC(OCCCOC)C(C)C4CC(=O)O)cn3)[C@H](C)C2)c1. The van der Waals surface area contributed by atoms with Crippen LogP contribution in [0.3, 0.4) is 0 Å². The van der Waals surface area contributed by atoms with Gasteiger partial charge >= 0.3 is 5.97 Å². The molecule has 1 aromatic carbocycles. The Morgan fingerprint density at radius 3 is 2.65 bits per heavy atom. The van der Waals surface area contributed by atoms with Gasteiger partial charge in [-0.1, -0.05) is 13.8 Å². The van der Waals surface area contributed by atoms with Gasteiger partial charge in [0.15, 0.2) is 0 Å². The number of rotatable bonds is 13. The Morgan fingerprint density at radius 1 is 1.15 bits per heavy atom. The molecule has 0 amide bonds. The summed E-state index contributed by atoms with van der Waals surface area (Å²) in [6.07, 6.45) is 4.50. The van der Waals surface area contributed by atoms with Crippen LogP contribution in [0.15, 0.2) is 30.6 Å². The molecule has 0 spiro atoms. The molecular weight excluding hydrogens is 519 g/mol. The summed E-state index contributed by atoms with van der Waals surface area (Å²) in [5.74, 6) is 0.676. The second-order valence-electron chi connectivity index (χ2n) is 10.6. The molecule has 2 fully saturated rings. The minimum absolute atomic E-state index is 0.0107. The zero-order valence-corrected chi connectivity index (χ0v) is 23.8. The van der Waals surface area contributed by atoms with Crippen molar-refractivity contribution in [3.05, 3.63) is 36.4 Å². The van der Waals surface area contributed by atoms with Crippen LogP contribution in [0, 0.1) is 17.7 Å². The van der Waals surface area contributed by atoms with Crippen molar-refractivity contribution in [2.45, 2.75) is 58.3 Å². The maximum atomic E-state index is 14.6. The van der Waals surface area contributed by atoms with Gasteiger partial charge in [0.1, 0.15) is 23.5 Å². The number of anilines is 2. The van der Waals surface area contributed by atoms with Gasteiger partial charge in [-0.25, -0.2) is 14.4 Å². The number of ether oxygens (including phenoxy) is 4. The van der Waals surface area contributed by atoms with E-state index >= 15 is 0 Å². The molecule has 5 atom stereocenters. The molecule has 0 saturated carbocycles. The lowest BCUT2D eigenvalue weighted by Gasteiger charge is -2.38. The van der Waals surface area contributed by atoms with E-state index in [4.69, 9.17) is 18.9 Å². The summed E-state index contributed by atoms with van der Waals surface area (Å²) >= 11 is 0. The van der Waals surface area contributed by atoms with Crippen LogP contribution in [0.5, 0.6) is 11.6 Å². The van der Waals surface area contributed by atoms with Crippen molar-refractivity contribution in [1.82, 2.24) is 9.97 Å². The molecule has 11 heteroatoms. The topological polar surface area (TPSA) is 106 Å². The van der Waals surface area contributed by atoms with Crippen LogP contribution in [-0.2, 0) is 14.3 Å². The first kappa shape index (κ1) is 29.8. The van der Waals surface area contributed by atoms with E-state index in [1.165, 1.54) is 6.07 Å². The Balaban J connectivity index is 1.37. The number of aliphatic carboxylic acids is 1. The lowest BCUT2D eigenvalue weighted by molar-refractivity contribution is -0.137. The third-order valence-corrected chi connectivity index (χ3v) is 7.76. The van der Waals surface area contributed by atoms with Crippen LogP contribution < -0.4 is 19.3 Å². The number of hydrogen-bond acceptors (Lipinski definition) is 9. The summed E-state index contributed by atoms with van der Waals surface area (Å²) < 4.78 is 37.5. The Kier molecular flexibility index (Phi) is 10.4. The van der Waals surface area contributed by atoms with Crippen LogP contribution >= 0.6 is 0 Å². The summed E-state index contributed by atoms with van der Waals surface area (Å²) in [5.41, 5.74) is 0.539. The predicted molar refractivity (Wildman–Crippen MR) is 149 cm³/mol. The highest BCUT2D eigenvalue weighted by Gasteiger charge is 2.41. The van der Waals surface area contributed by atoms with Crippen LogP contribution in [0.4, 0.5) is 15.9 Å². The molecule has 3 unspecified atom stereocenters. The van der Waals surface area contributed by atoms with Gasteiger partial charge in [0, 0.05) is 70.3 Å². The second-order valence-corrected chi connectivity index (χ2v) is 10.6. The van der Waals surface area contributed by atoms with E-state index in [0.29, 0.717) is 69.0 Å². The number of benzene rings is 1. The molecule has 220 valence electrons. The van der Waals surface area contributed by atoms with E-state index in [0.717, 1.165) is 6.42 Å². The Bertz CT molecular complexity index is 1110.